The van der Waals surface area contributed by atoms with Gasteiger partial charge in [0.15, 0.2) is 0 Å². The molecule has 0 aliphatic heterocycles. The van der Waals surface area contributed by atoms with Crippen molar-refractivity contribution in [2.75, 3.05) is 11.9 Å². The molecule has 0 radical (unpaired) electrons. The smallest absolute Gasteiger partial charge is 0.366 e. The van der Waals surface area contributed by atoms with Crippen LogP contribution in [0.1, 0.15) is 11.3 Å². The van der Waals surface area contributed by atoms with E-state index in [1.165, 1.54) is 12.1 Å². The molecular formula is C15H16F3N3. The molecule has 0 aliphatic carbocycles. The van der Waals surface area contributed by atoms with Crippen LogP contribution in [-0.2, 0) is 12.6 Å². The van der Waals surface area contributed by atoms with Gasteiger partial charge < -0.3 is 11.1 Å². The summed E-state index contributed by atoms with van der Waals surface area (Å²) in [5.74, 6) is 0.177. The van der Waals surface area contributed by atoms with Crippen molar-refractivity contribution < 1.29 is 13.2 Å². The molecule has 2 aromatic rings. The van der Waals surface area contributed by atoms with Crippen molar-refractivity contribution in [1.29, 1.82) is 0 Å². The number of hydrogen-bond acceptors (Lipinski definition) is 3. The van der Waals surface area contributed by atoms with Crippen LogP contribution < -0.4 is 11.1 Å². The number of rotatable bonds is 5. The van der Waals surface area contributed by atoms with E-state index in [4.69, 9.17) is 5.73 Å². The molecular weight excluding hydrogens is 279 g/mol. The maximum Gasteiger partial charge on any atom is 0.433 e. The first kappa shape index (κ1) is 15.3. The highest BCUT2D eigenvalue weighted by molar-refractivity contribution is 5.38. The van der Waals surface area contributed by atoms with E-state index in [1.54, 1.807) is 0 Å². The number of pyridine rings is 1. The molecule has 3 N–H and O–H groups in total. The van der Waals surface area contributed by atoms with Crippen LogP contribution in [0.25, 0.3) is 0 Å². The summed E-state index contributed by atoms with van der Waals surface area (Å²) in [6, 6.07) is 13.2. The molecule has 0 amide bonds. The molecule has 0 bridgehead atoms. The summed E-state index contributed by atoms with van der Waals surface area (Å²) in [7, 11) is 0. The number of halogens is 3. The normalized spacial score (nSPS) is 13.0. The highest BCUT2D eigenvalue weighted by Gasteiger charge is 2.32. The van der Waals surface area contributed by atoms with Gasteiger partial charge in [-0.25, -0.2) is 4.98 Å². The monoisotopic (exact) mass is 295 g/mol. The van der Waals surface area contributed by atoms with Crippen molar-refractivity contribution in [3.8, 4) is 0 Å². The molecule has 112 valence electrons. The Morgan fingerprint density at radius 2 is 1.76 bits per heavy atom. The lowest BCUT2D eigenvalue weighted by molar-refractivity contribution is -0.141. The van der Waals surface area contributed by atoms with E-state index in [0.717, 1.165) is 11.6 Å². The molecule has 3 nitrogen and oxygen atoms in total. The number of benzene rings is 1. The van der Waals surface area contributed by atoms with E-state index in [0.29, 0.717) is 13.0 Å². The fourth-order valence-corrected chi connectivity index (χ4v) is 1.97. The highest BCUT2D eigenvalue weighted by atomic mass is 19.4. The second kappa shape index (κ2) is 6.58. The molecule has 1 atom stereocenters. The summed E-state index contributed by atoms with van der Waals surface area (Å²) in [6.07, 6.45) is -3.83. The molecule has 6 heteroatoms. The fourth-order valence-electron chi connectivity index (χ4n) is 1.97. The molecule has 1 unspecified atom stereocenters. The van der Waals surface area contributed by atoms with Crippen LogP contribution in [0.3, 0.4) is 0 Å². The van der Waals surface area contributed by atoms with Crippen LogP contribution in [0.4, 0.5) is 19.0 Å². The second-order valence-electron chi connectivity index (χ2n) is 4.67. The van der Waals surface area contributed by atoms with Gasteiger partial charge in [-0.15, -0.1) is 0 Å². The zero-order chi connectivity index (χ0) is 15.3. The van der Waals surface area contributed by atoms with E-state index < -0.39 is 11.9 Å². The second-order valence-corrected chi connectivity index (χ2v) is 4.67. The van der Waals surface area contributed by atoms with Gasteiger partial charge in [-0.3, -0.25) is 0 Å². The van der Waals surface area contributed by atoms with E-state index >= 15 is 0 Å². The Kier molecular flexibility index (Phi) is 4.80. The number of anilines is 1. The van der Waals surface area contributed by atoms with E-state index in [2.05, 4.69) is 10.3 Å². The van der Waals surface area contributed by atoms with Crippen LogP contribution in [0.2, 0.25) is 0 Å². The molecule has 2 rings (SSSR count). The van der Waals surface area contributed by atoms with Crippen molar-refractivity contribution in [3.63, 3.8) is 0 Å². The first-order chi connectivity index (χ1) is 9.99. The molecule has 21 heavy (non-hydrogen) atoms. The summed E-state index contributed by atoms with van der Waals surface area (Å²) in [5, 5.41) is 2.95. The molecule has 1 heterocycles. The average Bonchev–Trinajstić information content (AvgIpc) is 2.47. The number of nitrogens with one attached hydrogen (secondary N) is 1. The topological polar surface area (TPSA) is 50.9 Å². The first-order valence-corrected chi connectivity index (χ1v) is 6.54. The largest absolute Gasteiger partial charge is 0.433 e. The SMILES string of the molecule is NCC(Cc1ccccc1)Nc1cccc(C(F)(F)F)n1. The van der Waals surface area contributed by atoms with E-state index in [9.17, 15) is 13.2 Å². The number of aromatic nitrogens is 1. The summed E-state index contributed by atoms with van der Waals surface area (Å²) in [5.41, 5.74) is 5.83. The first-order valence-electron chi connectivity index (χ1n) is 6.54. The summed E-state index contributed by atoms with van der Waals surface area (Å²) < 4.78 is 37.9. The van der Waals surface area contributed by atoms with Crippen LogP contribution in [0.5, 0.6) is 0 Å². The third kappa shape index (κ3) is 4.46. The lowest BCUT2D eigenvalue weighted by atomic mass is 10.1. The molecule has 0 fully saturated rings. The lowest BCUT2D eigenvalue weighted by Gasteiger charge is -2.18. The lowest BCUT2D eigenvalue weighted by Crippen LogP contribution is -2.31. The molecule has 1 aromatic heterocycles. The van der Waals surface area contributed by atoms with Crippen LogP contribution in [0.15, 0.2) is 48.5 Å². The minimum Gasteiger partial charge on any atom is -0.366 e. The zero-order valence-corrected chi connectivity index (χ0v) is 11.3. The van der Waals surface area contributed by atoms with Crippen molar-refractivity contribution in [2.45, 2.75) is 18.6 Å². The maximum absolute atomic E-state index is 12.6. The van der Waals surface area contributed by atoms with Gasteiger partial charge in [-0.1, -0.05) is 36.4 Å². The molecule has 0 saturated carbocycles. The minimum atomic E-state index is -4.45. The highest BCUT2D eigenvalue weighted by Crippen LogP contribution is 2.28. The third-order valence-electron chi connectivity index (χ3n) is 3.00. The van der Waals surface area contributed by atoms with Crippen molar-refractivity contribution in [2.24, 2.45) is 5.73 Å². The Morgan fingerprint density at radius 1 is 1.05 bits per heavy atom. The number of hydrogen-bond donors (Lipinski definition) is 2. The Bertz CT molecular complexity index is 570. The van der Waals surface area contributed by atoms with Crippen molar-refractivity contribution in [1.82, 2.24) is 4.98 Å². The van der Waals surface area contributed by atoms with Crippen molar-refractivity contribution >= 4 is 5.82 Å². The number of nitrogens with zero attached hydrogens (tertiary/aromatic N) is 1. The molecule has 0 saturated heterocycles. The molecule has 0 spiro atoms. The predicted molar refractivity (Wildman–Crippen MR) is 75.9 cm³/mol. The van der Waals surface area contributed by atoms with Crippen LogP contribution in [-0.4, -0.2) is 17.6 Å². The number of nitrogens with two attached hydrogens (primary N) is 1. The van der Waals surface area contributed by atoms with Gasteiger partial charge in [0.1, 0.15) is 11.5 Å². The van der Waals surface area contributed by atoms with E-state index in [-0.39, 0.29) is 11.9 Å². The summed E-state index contributed by atoms with van der Waals surface area (Å²) >= 11 is 0. The Hall–Kier alpha value is -2.08. The van der Waals surface area contributed by atoms with Gasteiger partial charge >= 0.3 is 6.18 Å². The quantitative estimate of drug-likeness (QED) is 0.891. The van der Waals surface area contributed by atoms with Gasteiger partial charge in [0, 0.05) is 12.6 Å². The Morgan fingerprint density at radius 3 is 2.38 bits per heavy atom. The number of alkyl halides is 3. The average molecular weight is 295 g/mol. The predicted octanol–water partition coefficient (Wildman–Crippen LogP) is 3.08. The van der Waals surface area contributed by atoms with Gasteiger partial charge in [-0.2, -0.15) is 13.2 Å². The van der Waals surface area contributed by atoms with Gasteiger partial charge in [0.2, 0.25) is 0 Å². The maximum atomic E-state index is 12.6. The third-order valence-corrected chi connectivity index (χ3v) is 3.00. The Labute approximate surface area is 121 Å². The Balaban J connectivity index is 2.08. The summed E-state index contributed by atoms with van der Waals surface area (Å²) in [6.45, 7) is 0.298. The van der Waals surface area contributed by atoms with Crippen molar-refractivity contribution in [3.05, 3.63) is 59.8 Å². The van der Waals surface area contributed by atoms with Crippen LogP contribution >= 0.6 is 0 Å². The molecule has 0 aliphatic rings. The standard InChI is InChI=1S/C15H16F3N3/c16-15(17,18)13-7-4-8-14(21-13)20-12(10-19)9-11-5-2-1-3-6-11/h1-8,12H,9-10,19H2,(H,20,21). The zero-order valence-electron chi connectivity index (χ0n) is 11.3. The minimum absolute atomic E-state index is 0.177. The molecule has 1 aromatic carbocycles. The van der Waals surface area contributed by atoms with E-state index in [1.807, 2.05) is 30.3 Å². The fraction of sp³-hybridized carbons (Fsp3) is 0.267. The van der Waals surface area contributed by atoms with Gasteiger partial charge in [0.25, 0.3) is 0 Å². The van der Waals surface area contributed by atoms with Gasteiger partial charge in [-0.05, 0) is 24.1 Å². The summed E-state index contributed by atoms with van der Waals surface area (Å²) in [4.78, 5) is 3.58. The van der Waals surface area contributed by atoms with Gasteiger partial charge in [0.05, 0.1) is 0 Å². The van der Waals surface area contributed by atoms with Crippen LogP contribution in [0, 0.1) is 0 Å².